The summed E-state index contributed by atoms with van der Waals surface area (Å²) in [6.45, 7) is 6.38. The molecule has 1 amide bonds. The SMILES string of the molecule is CCOC(=O)[C@H]1[C@H](C(C)CC)N(C(=O)c2cc([N+](=O)[O-])cc([N+](=O)[O-])c2)O[C@@]1(C)O. The first kappa shape index (κ1) is 23.2. The van der Waals surface area contributed by atoms with Crippen LogP contribution in [0.2, 0.25) is 0 Å². The Kier molecular flexibility index (Phi) is 6.73. The van der Waals surface area contributed by atoms with E-state index < -0.39 is 50.8 Å². The summed E-state index contributed by atoms with van der Waals surface area (Å²) in [4.78, 5) is 51.6. The molecule has 1 fully saturated rings. The maximum absolute atomic E-state index is 13.1. The molecule has 1 aromatic rings. The summed E-state index contributed by atoms with van der Waals surface area (Å²) >= 11 is 0. The van der Waals surface area contributed by atoms with Gasteiger partial charge in [0.15, 0.2) is 0 Å². The van der Waals surface area contributed by atoms with Crippen LogP contribution in [0.1, 0.15) is 44.5 Å². The van der Waals surface area contributed by atoms with E-state index in [2.05, 4.69) is 0 Å². The number of aliphatic hydroxyl groups is 1. The predicted octanol–water partition coefficient (Wildman–Crippen LogP) is 2.19. The van der Waals surface area contributed by atoms with Crippen LogP contribution in [0, 0.1) is 32.1 Å². The fraction of sp³-hybridized carbons (Fsp3) is 0.556. The van der Waals surface area contributed by atoms with Crippen LogP contribution in [-0.4, -0.2) is 50.3 Å². The van der Waals surface area contributed by atoms with Crippen molar-refractivity contribution in [1.82, 2.24) is 5.06 Å². The van der Waals surface area contributed by atoms with Gasteiger partial charge in [-0.2, -0.15) is 0 Å². The molecule has 12 nitrogen and oxygen atoms in total. The number of nitro benzene ring substituents is 2. The van der Waals surface area contributed by atoms with E-state index >= 15 is 0 Å². The molecule has 1 aliphatic heterocycles. The highest BCUT2D eigenvalue weighted by molar-refractivity contribution is 5.96. The number of ether oxygens (including phenoxy) is 1. The summed E-state index contributed by atoms with van der Waals surface area (Å²) in [6.07, 6.45) is 0.499. The van der Waals surface area contributed by atoms with Gasteiger partial charge in [0, 0.05) is 12.1 Å². The van der Waals surface area contributed by atoms with E-state index in [4.69, 9.17) is 9.57 Å². The third kappa shape index (κ3) is 4.39. The number of amides is 1. The maximum Gasteiger partial charge on any atom is 0.316 e. The number of rotatable bonds is 7. The quantitative estimate of drug-likeness (QED) is 0.392. The molecule has 0 saturated carbocycles. The van der Waals surface area contributed by atoms with Gasteiger partial charge in [-0.3, -0.25) is 29.8 Å². The molecular formula is C18H23N3O9. The first-order chi connectivity index (χ1) is 13.9. The average molecular weight is 425 g/mol. The highest BCUT2D eigenvalue weighted by atomic mass is 16.8. The zero-order valence-corrected chi connectivity index (χ0v) is 16.9. The second-order valence-electron chi connectivity index (χ2n) is 7.14. The second kappa shape index (κ2) is 8.71. The maximum atomic E-state index is 13.1. The minimum absolute atomic E-state index is 0.0453. The van der Waals surface area contributed by atoms with Gasteiger partial charge in [0.05, 0.1) is 34.1 Å². The molecule has 0 aromatic heterocycles. The van der Waals surface area contributed by atoms with Gasteiger partial charge < -0.3 is 9.84 Å². The fourth-order valence-corrected chi connectivity index (χ4v) is 3.39. The van der Waals surface area contributed by atoms with Crippen molar-refractivity contribution in [3.8, 4) is 0 Å². The highest BCUT2D eigenvalue weighted by Crippen LogP contribution is 2.41. The molecule has 0 spiro atoms. The molecule has 1 aliphatic rings. The lowest BCUT2D eigenvalue weighted by Crippen LogP contribution is -2.46. The third-order valence-corrected chi connectivity index (χ3v) is 5.01. The Hall–Kier alpha value is -3.12. The third-order valence-electron chi connectivity index (χ3n) is 5.01. The fourth-order valence-electron chi connectivity index (χ4n) is 3.39. The number of esters is 1. The lowest BCUT2D eigenvalue weighted by atomic mass is 9.83. The molecule has 4 atom stereocenters. The minimum atomic E-state index is -2.09. The normalized spacial score (nSPS) is 24.4. The molecule has 1 heterocycles. The van der Waals surface area contributed by atoms with Crippen LogP contribution in [-0.2, 0) is 14.4 Å². The zero-order chi connectivity index (χ0) is 22.8. The molecule has 0 aliphatic carbocycles. The van der Waals surface area contributed by atoms with Crippen LogP contribution in [0.25, 0.3) is 0 Å². The first-order valence-electron chi connectivity index (χ1n) is 9.30. The number of hydrogen-bond donors (Lipinski definition) is 1. The number of nitro groups is 2. The predicted molar refractivity (Wildman–Crippen MR) is 101 cm³/mol. The van der Waals surface area contributed by atoms with E-state index in [1.54, 1.807) is 20.8 Å². The van der Waals surface area contributed by atoms with E-state index in [0.717, 1.165) is 23.3 Å². The van der Waals surface area contributed by atoms with Crippen molar-refractivity contribution in [2.24, 2.45) is 11.8 Å². The number of hydrogen-bond acceptors (Lipinski definition) is 9. The molecule has 1 aromatic carbocycles. The van der Waals surface area contributed by atoms with Crippen LogP contribution >= 0.6 is 0 Å². The number of benzene rings is 1. The Morgan fingerprint density at radius 3 is 2.20 bits per heavy atom. The molecule has 2 rings (SSSR count). The van der Waals surface area contributed by atoms with Gasteiger partial charge >= 0.3 is 5.97 Å². The standard InChI is InChI=1S/C18H23N3O9/c1-5-10(3)15-14(17(23)29-6-2)18(4,24)30-19(15)16(22)11-7-12(20(25)26)9-13(8-11)21(27)28/h7-10,14-15,24H,5-6H2,1-4H3/t10?,14-,15+,18-/m1/s1. The first-order valence-corrected chi connectivity index (χ1v) is 9.30. The van der Waals surface area contributed by atoms with Crippen molar-refractivity contribution in [2.75, 3.05) is 6.61 Å². The Balaban J connectivity index is 2.55. The van der Waals surface area contributed by atoms with Crippen molar-refractivity contribution in [1.29, 1.82) is 0 Å². The number of non-ortho nitro benzene ring substituents is 2. The van der Waals surface area contributed by atoms with Crippen LogP contribution < -0.4 is 0 Å². The van der Waals surface area contributed by atoms with Crippen molar-refractivity contribution in [3.63, 3.8) is 0 Å². The molecule has 0 radical (unpaired) electrons. The van der Waals surface area contributed by atoms with Crippen molar-refractivity contribution < 1.29 is 34.1 Å². The molecule has 30 heavy (non-hydrogen) atoms. The van der Waals surface area contributed by atoms with E-state index in [1.165, 1.54) is 6.92 Å². The summed E-state index contributed by atoms with van der Waals surface area (Å²) in [5.41, 5.74) is -1.69. The highest BCUT2D eigenvalue weighted by Gasteiger charge is 2.58. The van der Waals surface area contributed by atoms with E-state index in [9.17, 15) is 34.9 Å². The van der Waals surface area contributed by atoms with Gasteiger partial charge in [0.25, 0.3) is 17.3 Å². The van der Waals surface area contributed by atoms with Gasteiger partial charge in [0.2, 0.25) is 5.79 Å². The Labute approximate surface area is 171 Å². The lowest BCUT2D eigenvalue weighted by Gasteiger charge is -2.29. The second-order valence-corrected chi connectivity index (χ2v) is 7.14. The van der Waals surface area contributed by atoms with E-state index in [-0.39, 0.29) is 18.1 Å². The van der Waals surface area contributed by atoms with E-state index in [0.29, 0.717) is 6.42 Å². The molecule has 1 saturated heterocycles. The number of carbonyl (C=O) groups is 2. The molecule has 164 valence electrons. The van der Waals surface area contributed by atoms with Crippen LogP contribution in [0.15, 0.2) is 18.2 Å². The zero-order valence-electron chi connectivity index (χ0n) is 16.9. The summed E-state index contributed by atoms with van der Waals surface area (Å²) in [5.74, 6) is -5.41. The monoisotopic (exact) mass is 425 g/mol. The summed E-state index contributed by atoms with van der Waals surface area (Å²) in [6, 6.07) is 1.51. The average Bonchev–Trinajstić information content (AvgIpc) is 2.97. The minimum Gasteiger partial charge on any atom is -0.466 e. The number of hydroxylamine groups is 2. The molecule has 12 heteroatoms. The summed E-state index contributed by atoms with van der Waals surface area (Å²) in [5, 5.41) is 33.7. The van der Waals surface area contributed by atoms with Crippen LogP contribution in [0.3, 0.4) is 0 Å². The molecule has 1 N–H and O–H groups in total. The van der Waals surface area contributed by atoms with Crippen LogP contribution in [0.4, 0.5) is 11.4 Å². The number of nitrogens with zero attached hydrogens (tertiary/aromatic N) is 3. The van der Waals surface area contributed by atoms with Gasteiger partial charge in [0.1, 0.15) is 5.92 Å². The topological polar surface area (TPSA) is 162 Å². The molecule has 0 bridgehead atoms. The Bertz CT molecular complexity index is 838. The van der Waals surface area contributed by atoms with Crippen molar-refractivity contribution in [2.45, 2.75) is 45.9 Å². The van der Waals surface area contributed by atoms with Gasteiger partial charge in [-0.1, -0.05) is 20.3 Å². The lowest BCUT2D eigenvalue weighted by molar-refractivity contribution is -0.394. The van der Waals surface area contributed by atoms with E-state index in [1.807, 2.05) is 0 Å². The Morgan fingerprint density at radius 1 is 1.23 bits per heavy atom. The van der Waals surface area contributed by atoms with Gasteiger partial charge in [-0.25, -0.2) is 9.90 Å². The van der Waals surface area contributed by atoms with Gasteiger partial charge in [-0.05, 0) is 19.8 Å². The van der Waals surface area contributed by atoms with Crippen molar-refractivity contribution >= 4 is 23.3 Å². The summed E-state index contributed by atoms with van der Waals surface area (Å²) in [7, 11) is 0. The largest absolute Gasteiger partial charge is 0.466 e. The molecule has 1 unspecified atom stereocenters. The van der Waals surface area contributed by atoms with Crippen molar-refractivity contribution in [3.05, 3.63) is 44.0 Å². The van der Waals surface area contributed by atoms with Gasteiger partial charge in [-0.15, -0.1) is 0 Å². The Morgan fingerprint density at radius 2 is 1.77 bits per heavy atom. The molecular weight excluding hydrogens is 402 g/mol. The number of carbonyl (C=O) groups excluding carboxylic acids is 2. The van der Waals surface area contributed by atoms with Crippen LogP contribution in [0.5, 0.6) is 0 Å². The summed E-state index contributed by atoms with van der Waals surface area (Å²) < 4.78 is 5.03. The smallest absolute Gasteiger partial charge is 0.316 e.